The van der Waals surface area contributed by atoms with Crippen molar-refractivity contribution >= 4 is 11.8 Å². The molecule has 0 unspecified atom stereocenters. The fourth-order valence-corrected chi connectivity index (χ4v) is 4.03. The van der Waals surface area contributed by atoms with Crippen LogP contribution in [0.3, 0.4) is 0 Å². The van der Waals surface area contributed by atoms with Crippen LogP contribution in [0.25, 0.3) is 0 Å². The zero-order chi connectivity index (χ0) is 21.3. The predicted octanol–water partition coefficient (Wildman–Crippen LogP) is 4.97. The number of ketones is 1. The molecule has 2 N–H and O–H groups in total. The Kier molecular flexibility index (Phi) is 8.84. The van der Waals surface area contributed by atoms with Crippen molar-refractivity contribution in [2.75, 3.05) is 0 Å². The van der Waals surface area contributed by atoms with Crippen molar-refractivity contribution in [1.82, 2.24) is 0 Å². The molecule has 1 aliphatic carbocycles. The summed E-state index contributed by atoms with van der Waals surface area (Å²) in [6.45, 7) is 4.11. The molecule has 1 fully saturated rings. The summed E-state index contributed by atoms with van der Waals surface area (Å²) in [5.41, 5.74) is 0.947. The zero-order valence-corrected chi connectivity index (χ0v) is 17.6. The maximum atomic E-state index is 11.8. The predicted molar refractivity (Wildman–Crippen MR) is 116 cm³/mol. The van der Waals surface area contributed by atoms with E-state index in [1.165, 1.54) is 5.56 Å². The van der Waals surface area contributed by atoms with Crippen LogP contribution in [0.1, 0.15) is 57.9 Å². The van der Waals surface area contributed by atoms with Gasteiger partial charge in [0.1, 0.15) is 5.78 Å². The number of rotatable bonds is 11. The van der Waals surface area contributed by atoms with Crippen molar-refractivity contribution < 1.29 is 19.8 Å². The Morgan fingerprint density at radius 3 is 2.55 bits per heavy atom. The number of aliphatic hydroxyl groups is 1. The molecule has 0 saturated heterocycles. The summed E-state index contributed by atoms with van der Waals surface area (Å²) in [7, 11) is 0. The number of aliphatic hydroxyl groups excluding tert-OH is 1. The van der Waals surface area contributed by atoms with Gasteiger partial charge in [0.2, 0.25) is 0 Å². The second-order valence-corrected chi connectivity index (χ2v) is 8.72. The third kappa shape index (κ3) is 7.28. The number of carboxylic acid groups (broad SMARTS) is 1. The van der Waals surface area contributed by atoms with Crippen molar-refractivity contribution in [3.05, 3.63) is 60.2 Å². The first-order valence-electron chi connectivity index (χ1n) is 10.6. The van der Waals surface area contributed by atoms with Crippen LogP contribution in [-0.2, 0) is 16.0 Å². The van der Waals surface area contributed by atoms with Gasteiger partial charge in [-0.1, -0.05) is 68.5 Å². The maximum absolute atomic E-state index is 11.8. The SMILES string of the molecule is CC(C)(Cc1ccccc1)[C@@H](O)C=CCC=CCC[C@H](C(=O)O)[C@H]1CCCC1=O. The molecule has 158 valence electrons. The highest BCUT2D eigenvalue weighted by Gasteiger charge is 2.35. The van der Waals surface area contributed by atoms with Crippen molar-refractivity contribution in [3.63, 3.8) is 0 Å². The van der Waals surface area contributed by atoms with Crippen molar-refractivity contribution in [1.29, 1.82) is 0 Å². The molecule has 4 nitrogen and oxygen atoms in total. The smallest absolute Gasteiger partial charge is 0.307 e. The second-order valence-electron chi connectivity index (χ2n) is 8.72. The highest BCUT2D eigenvalue weighted by Crippen LogP contribution is 2.31. The van der Waals surface area contributed by atoms with Gasteiger partial charge < -0.3 is 10.2 Å². The van der Waals surface area contributed by atoms with Gasteiger partial charge in [-0.25, -0.2) is 0 Å². The molecule has 0 heterocycles. The van der Waals surface area contributed by atoms with Gasteiger partial charge in [0, 0.05) is 12.3 Å². The molecule has 3 atom stereocenters. The lowest BCUT2D eigenvalue weighted by molar-refractivity contribution is -0.146. The summed E-state index contributed by atoms with van der Waals surface area (Å²) in [4.78, 5) is 23.3. The molecule has 0 spiro atoms. The standard InChI is InChI=1S/C25H34O4/c1-25(2,18-19-12-7-6-8-13-19)23(27)17-10-5-3-4-9-14-21(24(28)29)20-15-11-16-22(20)26/h3-4,6-8,10,12-13,17,20-21,23,27H,5,9,11,14-16,18H2,1-2H3,(H,28,29)/t20-,21+,23+/m1/s1. The van der Waals surface area contributed by atoms with E-state index in [0.717, 1.165) is 12.8 Å². The minimum absolute atomic E-state index is 0.108. The first kappa shape index (κ1) is 23.1. The number of hydrogen-bond donors (Lipinski definition) is 2. The molecule has 0 radical (unpaired) electrons. The fraction of sp³-hybridized carbons (Fsp3) is 0.520. The monoisotopic (exact) mass is 398 g/mol. The van der Waals surface area contributed by atoms with Gasteiger partial charge in [0.05, 0.1) is 12.0 Å². The number of Topliss-reactive ketones (excluding diaryl/α,β-unsaturated/α-hetero) is 1. The van der Waals surface area contributed by atoms with Crippen LogP contribution in [0.5, 0.6) is 0 Å². The summed E-state index contributed by atoms with van der Waals surface area (Å²) in [5, 5.41) is 19.9. The quantitative estimate of drug-likeness (QED) is 0.516. The van der Waals surface area contributed by atoms with Crippen LogP contribution in [0.4, 0.5) is 0 Å². The molecule has 1 aliphatic rings. The lowest BCUT2D eigenvalue weighted by atomic mass is 9.80. The average molecular weight is 399 g/mol. The number of hydrogen-bond acceptors (Lipinski definition) is 3. The van der Waals surface area contributed by atoms with E-state index < -0.39 is 18.0 Å². The molecule has 2 rings (SSSR count). The first-order chi connectivity index (χ1) is 13.8. The van der Waals surface area contributed by atoms with Crippen LogP contribution >= 0.6 is 0 Å². The Balaban J connectivity index is 1.75. The fourth-order valence-electron chi connectivity index (χ4n) is 4.03. The Morgan fingerprint density at radius 2 is 1.93 bits per heavy atom. The minimum Gasteiger partial charge on any atom is -0.481 e. The number of aliphatic carboxylic acids is 1. The Labute approximate surface area is 174 Å². The van der Waals surface area contributed by atoms with E-state index in [1.807, 2.05) is 42.5 Å². The van der Waals surface area contributed by atoms with Gasteiger partial charge in [-0.15, -0.1) is 0 Å². The highest BCUT2D eigenvalue weighted by molar-refractivity contribution is 5.87. The number of carboxylic acids is 1. The first-order valence-corrected chi connectivity index (χ1v) is 10.6. The van der Waals surface area contributed by atoms with Crippen molar-refractivity contribution in [2.24, 2.45) is 17.3 Å². The molecule has 29 heavy (non-hydrogen) atoms. The largest absolute Gasteiger partial charge is 0.481 e. The minimum atomic E-state index is -0.859. The highest BCUT2D eigenvalue weighted by atomic mass is 16.4. The van der Waals surface area contributed by atoms with Crippen molar-refractivity contribution in [2.45, 2.75) is 64.9 Å². The molecule has 1 aromatic rings. The van der Waals surface area contributed by atoms with E-state index in [-0.39, 0.29) is 17.1 Å². The maximum Gasteiger partial charge on any atom is 0.307 e. The Hall–Kier alpha value is -2.20. The van der Waals surface area contributed by atoms with Gasteiger partial charge in [-0.05, 0) is 49.5 Å². The Bertz CT molecular complexity index is 718. The summed E-state index contributed by atoms with van der Waals surface area (Å²) in [6.07, 6.45) is 11.9. The van der Waals surface area contributed by atoms with E-state index in [2.05, 4.69) is 26.0 Å². The third-order valence-corrected chi connectivity index (χ3v) is 5.86. The lowest BCUT2D eigenvalue weighted by Crippen LogP contribution is -2.29. The topological polar surface area (TPSA) is 74.6 Å². The number of carbonyl (C=O) groups is 2. The zero-order valence-electron chi connectivity index (χ0n) is 17.6. The van der Waals surface area contributed by atoms with Gasteiger partial charge in [-0.3, -0.25) is 9.59 Å². The summed E-state index contributed by atoms with van der Waals surface area (Å²) >= 11 is 0. The number of benzene rings is 1. The number of allylic oxidation sites excluding steroid dienone is 3. The summed E-state index contributed by atoms with van der Waals surface area (Å²) < 4.78 is 0. The van der Waals surface area contributed by atoms with E-state index in [0.29, 0.717) is 32.1 Å². The molecule has 1 aromatic carbocycles. The van der Waals surface area contributed by atoms with Crippen LogP contribution in [0.15, 0.2) is 54.6 Å². The number of carbonyl (C=O) groups excluding carboxylic acids is 1. The van der Waals surface area contributed by atoms with Crippen molar-refractivity contribution in [3.8, 4) is 0 Å². The molecule has 0 aromatic heterocycles. The molecule has 4 heteroatoms. The second kappa shape index (κ2) is 11.1. The van der Waals surface area contributed by atoms with Gasteiger partial charge in [-0.2, -0.15) is 0 Å². The van der Waals surface area contributed by atoms with Crippen LogP contribution in [-0.4, -0.2) is 28.1 Å². The molecule has 0 aliphatic heterocycles. The van der Waals surface area contributed by atoms with Gasteiger partial charge in [0.25, 0.3) is 0 Å². The normalized spacial score (nSPS) is 19.8. The van der Waals surface area contributed by atoms with E-state index in [4.69, 9.17) is 0 Å². The Morgan fingerprint density at radius 1 is 1.21 bits per heavy atom. The summed E-state index contributed by atoms with van der Waals surface area (Å²) in [5.74, 6) is -1.62. The lowest BCUT2D eigenvalue weighted by Gasteiger charge is -2.28. The molecule has 0 bridgehead atoms. The van der Waals surface area contributed by atoms with E-state index in [9.17, 15) is 19.8 Å². The van der Waals surface area contributed by atoms with E-state index >= 15 is 0 Å². The molecular formula is C25H34O4. The van der Waals surface area contributed by atoms with Crippen LogP contribution in [0.2, 0.25) is 0 Å². The van der Waals surface area contributed by atoms with Crippen LogP contribution < -0.4 is 0 Å². The molecular weight excluding hydrogens is 364 g/mol. The van der Waals surface area contributed by atoms with Crippen LogP contribution in [0, 0.1) is 17.3 Å². The van der Waals surface area contributed by atoms with Gasteiger partial charge >= 0.3 is 5.97 Å². The summed E-state index contributed by atoms with van der Waals surface area (Å²) in [6, 6.07) is 10.2. The van der Waals surface area contributed by atoms with E-state index in [1.54, 1.807) is 0 Å². The van der Waals surface area contributed by atoms with Gasteiger partial charge in [0.15, 0.2) is 0 Å². The molecule has 1 saturated carbocycles. The average Bonchev–Trinajstić information content (AvgIpc) is 3.09. The third-order valence-electron chi connectivity index (χ3n) is 5.86. The molecule has 0 amide bonds.